The van der Waals surface area contributed by atoms with Gasteiger partial charge in [0.05, 0.1) is 60.3 Å². The average Bonchev–Trinajstić information content (AvgIpc) is 3.70. The normalized spacial score (nSPS) is 23.5. The highest BCUT2D eigenvalue weighted by molar-refractivity contribution is 6.33. The summed E-state index contributed by atoms with van der Waals surface area (Å²) >= 11 is 12.7. The average molecular weight is 954 g/mol. The van der Waals surface area contributed by atoms with E-state index < -0.39 is 81.2 Å². The van der Waals surface area contributed by atoms with Crippen LogP contribution >= 0.6 is 23.2 Å². The number of aromatic hydroxyl groups is 1. The molecule has 3 fully saturated rings. The SMILES string of the molecule is CCOc1cccc([C@H]2C3=CC[C@@H]4C(=O)N(c5ccc(C=Cc6cc(OC)ccc6OC)cc5)C(=O)[C@@H]4[C@@H]3C[C@H]3C(=O)N(Nc4ncc(C(F)(F)F)cc4Cl)C(=O)[C@@]23c2ccc(Cl)cc2)c1O. The van der Waals surface area contributed by atoms with Gasteiger partial charge in [-0.3, -0.25) is 29.5 Å². The van der Waals surface area contributed by atoms with Crippen LogP contribution in [-0.2, 0) is 30.8 Å². The summed E-state index contributed by atoms with van der Waals surface area (Å²) < 4.78 is 57.5. The Kier molecular flexibility index (Phi) is 11.8. The number of phenolic OH excluding ortho intramolecular Hbond substituents is 1. The molecule has 1 saturated carbocycles. The molecule has 4 aliphatic rings. The largest absolute Gasteiger partial charge is 0.504 e. The molecule has 0 bridgehead atoms. The first-order valence-electron chi connectivity index (χ1n) is 21.3. The Hall–Kier alpha value is -6.84. The number of nitrogens with one attached hydrogen (secondary N) is 1. The maximum absolute atomic E-state index is 15.5. The number of carbonyl (C=O) groups is 4. The summed E-state index contributed by atoms with van der Waals surface area (Å²) in [6.45, 7) is 1.91. The summed E-state index contributed by atoms with van der Waals surface area (Å²) in [6, 6.07) is 24.1. The molecule has 5 aromatic rings. The van der Waals surface area contributed by atoms with Gasteiger partial charge in [0, 0.05) is 28.3 Å². The number of rotatable bonds is 11. The molecule has 2 saturated heterocycles. The molecule has 2 aliphatic heterocycles. The maximum Gasteiger partial charge on any atom is 0.417 e. The molecule has 344 valence electrons. The number of amides is 4. The number of phenols is 1. The summed E-state index contributed by atoms with van der Waals surface area (Å²) in [6.07, 6.45) is 1.27. The zero-order chi connectivity index (χ0) is 47.5. The number of anilines is 2. The van der Waals surface area contributed by atoms with Gasteiger partial charge < -0.3 is 19.3 Å². The first-order chi connectivity index (χ1) is 32.1. The lowest BCUT2D eigenvalue weighted by Crippen LogP contribution is -2.53. The van der Waals surface area contributed by atoms with Gasteiger partial charge in [-0.2, -0.15) is 18.2 Å². The van der Waals surface area contributed by atoms with E-state index in [4.69, 9.17) is 37.4 Å². The van der Waals surface area contributed by atoms with Crippen molar-refractivity contribution >= 4 is 70.5 Å². The minimum absolute atomic E-state index is 0.0970. The minimum atomic E-state index is -4.78. The number of alkyl halides is 3. The van der Waals surface area contributed by atoms with Crippen molar-refractivity contribution in [2.45, 2.75) is 37.3 Å². The number of hydrogen-bond acceptors (Lipinski definition) is 10. The first kappa shape index (κ1) is 45.3. The van der Waals surface area contributed by atoms with E-state index in [2.05, 4.69) is 10.4 Å². The monoisotopic (exact) mass is 952 g/mol. The quantitative estimate of drug-likeness (QED) is 0.0745. The molecule has 4 amide bonds. The van der Waals surface area contributed by atoms with Gasteiger partial charge in [0.1, 0.15) is 11.5 Å². The van der Waals surface area contributed by atoms with Gasteiger partial charge in [0.15, 0.2) is 17.3 Å². The molecule has 12 nitrogen and oxygen atoms in total. The van der Waals surface area contributed by atoms with E-state index in [0.717, 1.165) is 11.1 Å². The topological polar surface area (TPSA) is 148 Å². The second kappa shape index (κ2) is 17.4. The third-order valence-corrected chi connectivity index (χ3v) is 13.8. The lowest BCUT2D eigenvalue weighted by Gasteiger charge is -2.50. The molecule has 9 rings (SSSR count). The van der Waals surface area contributed by atoms with Gasteiger partial charge in [-0.15, -0.1) is 0 Å². The summed E-state index contributed by atoms with van der Waals surface area (Å²) in [4.78, 5) is 65.0. The van der Waals surface area contributed by atoms with E-state index >= 15 is 9.59 Å². The van der Waals surface area contributed by atoms with Crippen molar-refractivity contribution in [2.75, 3.05) is 31.2 Å². The van der Waals surface area contributed by atoms with Crippen LogP contribution in [0.5, 0.6) is 23.0 Å². The Morgan fingerprint density at radius 2 is 1.63 bits per heavy atom. The number of hydrogen-bond donors (Lipinski definition) is 2. The zero-order valence-electron chi connectivity index (χ0n) is 36.0. The molecule has 4 aromatic carbocycles. The lowest BCUT2D eigenvalue weighted by molar-refractivity contribution is -0.139. The van der Waals surface area contributed by atoms with Crippen LogP contribution < -0.4 is 24.5 Å². The molecule has 2 N–H and O–H groups in total. The van der Waals surface area contributed by atoms with Crippen molar-refractivity contribution in [3.8, 4) is 23.0 Å². The number of fused-ring (bicyclic) bond motifs is 4. The summed E-state index contributed by atoms with van der Waals surface area (Å²) in [5.74, 6) is -6.93. The number of nitrogens with zero attached hydrogens (tertiary/aromatic N) is 3. The van der Waals surface area contributed by atoms with Crippen LogP contribution in [0.2, 0.25) is 10.0 Å². The standard InChI is InChI=1S/C50H41Cl2F3N4O8/c1-4-67-40-7-5-6-35(43(40)60)42-33-19-20-34-41(47(63)58(45(34)61)31-16-9-26(10-17-31)8-11-27-22-32(65-2)18-21-39(27)66-3)36(33)24-37-46(62)59(48(64)49(37,42)28-12-14-30(51)15-13-28)57-44-38(52)23-29(25-56-44)50(53,54)55/h5-19,21-23,25,34,36-37,41-42,60H,4,20,24H2,1-3H3,(H,56,57)/t34-,36+,37-,41-,42+,49+/m0/s1. The van der Waals surface area contributed by atoms with E-state index in [0.29, 0.717) is 50.6 Å². The molecule has 67 heavy (non-hydrogen) atoms. The predicted octanol–water partition coefficient (Wildman–Crippen LogP) is 9.89. The maximum atomic E-state index is 15.5. The Bertz CT molecular complexity index is 2890. The van der Waals surface area contributed by atoms with Crippen molar-refractivity contribution in [1.29, 1.82) is 0 Å². The highest BCUT2D eigenvalue weighted by Gasteiger charge is 2.71. The van der Waals surface area contributed by atoms with E-state index in [9.17, 15) is 27.9 Å². The fraction of sp³-hybridized carbons (Fsp3) is 0.260. The number of methoxy groups -OCH3 is 2. The number of imide groups is 2. The fourth-order valence-corrected chi connectivity index (χ4v) is 10.7. The van der Waals surface area contributed by atoms with Gasteiger partial charge in [-0.25, -0.2) is 4.98 Å². The van der Waals surface area contributed by atoms with Crippen LogP contribution in [0.1, 0.15) is 53.5 Å². The zero-order valence-corrected chi connectivity index (χ0v) is 37.5. The Morgan fingerprint density at radius 3 is 2.30 bits per heavy atom. The molecular formula is C50H41Cl2F3N4O8. The van der Waals surface area contributed by atoms with Crippen molar-refractivity contribution < 1.29 is 51.7 Å². The van der Waals surface area contributed by atoms with Crippen LogP contribution in [0.15, 0.2) is 109 Å². The molecule has 1 aromatic heterocycles. The number of pyridine rings is 1. The van der Waals surface area contributed by atoms with Crippen molar-refractivity contribution in [3.63, 3.8) is 0 Å². The molecular weight excluding hydrogens is 912 g/mol. The van der Waals surface area contributed by atoms with Crippen LogP contribution in [0.4, 0.5) is 24.7 Å². The lowest BCUT2D eigenvalue weighted by atomic mass is 9.49. The smallest absolute Gasteiger partial charge is 0.417 e. The third kappa shape index (κ3) is 7.54. The van der Waals surface area contributed by atoms with Crippen LogP contribution in [-0.4, -0.2) is 59.6 Å². The van der Waals surface area contributed by atoms with Gasteiger partial charge in [0.25, 0.3) is 11.8 Å². The minimum Gasteiger partial charge on any atom is -0.504 e. The first-order valence-corrected chi connectivity index (χ1v) is 22.0. The highest BCUT2D eigenvalue weighted by Crippen LogP contribution is 2.65. The fourth-order valence-electron chi connectivity index (χ4n) is 10.3. The predicted molar refractivity (Wildman–Crippen MR) is 244 cm³/mol. The van der Waals surface area contributed by atoms with Crippen molar-refractivity contribution in [3.05, 3.63) is 147 Å². The number of aromatic nitrogens is 1. The van der Waals surface area contributed by atoms with Crippen LogP contribution in [0, 0.1) is 23.7 Å². The Labute approximate surface area is 392 Å². The Balaban J connectivity index is 1.13. The van der Waals surface area contributed by atoms with Crippen LogP contribution in [0.3, 0.4) is 0 Å². The number of benzene rings is 4. The van der Waals surface area contributed by atoms with Crippen molar-refractivity contribution in [1.82, 2.24) is 9.99 Å². The van der Waals surface area contributed by atoms with E-state index in [1.54, 1.807) is 100 Å². The second-order valence-electron chi connectivity index (χ2n) is 16.6. The van der Waals surface area contributed by atoms with E-state index in [1.807, 2.05) is 24.3 Å². The number of ether oxygens (including phenoxy) is 3. The summed E-state index contributed by atoms with van der Waals surface area (Å²) in [5.41, 5.74) is 2.57. The van der Waals surface area contributed by atoms with Crippen molar-refractivity contribution in [2.24, 2.45) is 23.7 Å². The highest BCUT2D eigenvalue weighted by atomic mass is 35.5. The van der Waals surface area contributed by atoms with E-state index in [1.165, 1.54) is 4.90 Å². The number of halogens is 5. The number of para-hydroxylation sites is 1. The van der Waals surface area contributed by atoms with Gasteiger partial charge in [0.2, 0.25) is 11.8 Å². The van der Waals surface area contributed by atoms with Gasteiger partial charge >= 0.3 is 6.18 Å². The number of allylic oxidation sites excluding steroid dienone is 2. The molecule has 0 radical (unpaired) electrons. The van der Waals surface area contributed by atoms with Gasteiger partial charge in [-0.1, -0.05) is 83.4 Å². The molecule has 6 atom stereocenters. The van der Waals surface area contributed by atoms with E-state index in [-0.39, 0.29) is 36.5 Å². The second-order valence-corrected chi connectivity index (χ2v) is 17.4. The molecule has 0 unspecified atom stereocenters. The Morgan fingerprint density at radius 1 is 0.881 bits per heavy atom. The summed E-state index contributed by atoms with van der Waals surface area (Å²) in [7, 11) is 3.14. The number of hydrazine groups is 1. The molecule has 17 heteroatoms. The van der Waals surface area contributed by atoms with Crippen LogP contribution in [0.25, 0.3) is 12.2 Å². The molecule has 2 aliphatic carbocycles. The summed E-state index contributed by atoms with van der Waals surface area (Å²) in [5, 5.41) is 12.6. The molecule has 0 spiro atoms. The molecule has 3 heterocycles. The van der Waals surface area contributed by atoms with Gasteiger partial charge in [-0.05, 0) is 91.4 Å². The third-order valence-electron chi connectivity index (χ3n) is 13.2. The number of carbonyl (C=O) groups excluding carboxylic acids is 4.